The molecule has 15 heavy (non-hydrogen) atoms. The molecule has 1 aliphatic carbocycles. The fourth-order valence-electron chi connectivity index (χ4n) is 2.65. The van der Waals surface area contributed by atoms with Crippen molar-refractivity contribution < 1.29 is 5.11 Å². The molecule has 2 unspecified atom stereocenters. The molecule has 0 aromatic heterocycles. The van der Waals surface area contributed by atoms with E-state index in [2.05, 4.69) is 24.1 Å². The van der Waals surface area contributed by atoms with Crippen LogP contribution in [-0.4, -0.2) is 48.3 Å². The van der Waals surface area contributed by atoms with Gasteiger partial charge < -0.3 is 15.3 Å². The largest absolute Gasteiger partial charge is 0.392 e. The van der Waals surface area contributed by atoms with Gasteiger partial charge in [-0.1, -0.05) is 13.8 Å². The molecule has 3 heteroatoms. The molecule has 1 heterocycles. The predicted octanol–water partition coefficient (Wildman–Crippen LogP) is 0.831. The Kier molecular flexibility index (Phi) is 3.33. The molecule has 2 rings (SSSR count). The van der Waals surface area contributed by atoms with Crippen LogP contribution in [-0.2, 0) is 0 Å². The summed E-state index contributed by atoms with van der Waals surface area (Å²) in [7, 11) is 0. The molecule has 1 aliphatic heterocycles. The van der Waals surface area contributed by atoms with Crippen LogP contribution in [0.2, 0.25) is 0 Å². The molecule has 2 N–H and O–H groups in total. The summed E-state index contributed by atoms with van der Waals surface area (Å²) in [5, 5.41) is 13.2. The number of aliphatic hydroxyl groups excluding tert-OH is 1. The average molecular weight is 212 g/mol. The first kappa shape index (κ1) is 11.4. The second-order valence-corrected chi connectivity index (χ2v) is 5.63. The van der Waals surface area contributed by atoms with Crippen molar-refractivity contribution in [1.29, 1.82) is 0 Å². The molecule has 0 spiro atoms. The van der Waals surface area contributed by atoms with E-state index in [0.29, 0.717) is 6.04 Å². The second-order valence-electron chi connectivity index (χ2n) is 5.63. The van der Waals surface area contributed by atoms with Gasteiger partial charge in [0.15, 0.2) is 0 Å². The van der Waals surface area contributed by atoms with Gasteiger partial charge in [0.2, 0.25) is 0 Å². The van der Waals surface area contributed by atoms with Gasteiger partial charge in [-0.25, -0.2) is 0 Å². The molecule has 0 aromatic rings. The lowest BCUT2D eigenvalue weighted by molar-refractivity contribution is -0.0725. The van der Waals surface area contributed by atoms with Crippen molar-refractivity contribution in [2.75, 3.05) is 26.2 Å². The summed E-state index contributed by atoms with van der Waals surface area (Å²) in [5.41, 5.74) is 0.0744. The van der Waals surface area contributed by atoms with Crippen molar-refractivity contribution >= 4 is 0 Å². The van der Waals surface area contributed by atoms with E-state index in [1.54, 1.807) is 0 Å². The van der Waals surface area contributed by atoms with Gasteiger partial charge in [-0.3, -0.25) is 0 Å². The van der Waals surface area contributed by atoms with Gasteiger partial charge in [0, 0.05) is 24.5 Å². The maximum absolute atomic E-state index is 9.61. The Balaban J connectivity index is 1.62. The molecule has 2 atom stereocenters. The maximum atomic E-state index is 9.61. The van der Waals surface area contributed by atoms with Crippen molar-refractivity contribution in [3.05, 3.63) is 0 Å². The SMILES string of the molecule is CC1(C)C(O)CC1NCCN1CCCC1. The fraction of sp³-hybridized carbons (Fsp3) is 1.00. The van der Waals surface area contributed by atoms with Crippen molar-refractivity contribution in [1.82, 2.24) is 10.2 Å². The Hall–Kier alpha value is -0.120. The number of likely N-dealkylation sites (tertiary alicyclic amines) is 1. The minimum atomic E-state index is -0.109. The molecular formula is C12H24N2O. The minimum absolute atomic E-state index is 0.0744. The van der Waals surface area contributed by atoms with Crippen LogP contribution in [0.5, 0.6) is 0 Å². The Morgan fingerprint density at radius 1 is 1.33 bits per heavy atom. The van der Waals surface area contributed by atoms with Crippen LogP contribution in [0, 0.1) is 5.41 Å². The number of nitrogens with zero attached hydrogens (tertiary/aromatic N) is 1. The van der Waals surface area contributed by atoms with Gasteiger partial charge >= 0.3 is 0 Å². The summed E-state index contributed by atoms with van der Waals surface area (Å²) in [6.07, 6.45) is 3.55. The number of hydrogen-bond acceptors (Lipinski definition) is 3. The molecule has 1 saturated carbocycles. The molecule has 0 bridgehead atoms. The third-order valence-corrected chi connectivity index (χ3v) is 4.23. The van der Waals surface area contributed by atoms with Crippen LogP contribution in [0.25, 0.3) is 0 Å². The summed E-state index contributed by atoms with van der Waals surface area (Å²) in [6.45, 7) is 9.09. The third kappa shape index (κ3) is 2.35. The molecule has 1 saturated heterocycles. The van der Waals surface area contributed by atoms with Gasteiger partial charge in [0.05, 0.1) is 6.10 Å². The molecule has 88 valence electrons. The molecular weight excluding hydrogens is 188 g/mol. The van der Waals surface area contributed by atoms with Gasteiger partial charge in [0.1, 0.15) is 0 Å². The van der Waals surface area contributed by atoms with Crippen molar-refractivity contribution in [2.24, 2.45) is 5.41 Å². The quantitative estimate of drug-likeness (QED) is 0.724. The van der Waals surface area contributed by atoms with Gasteiger partial charge in [-0.15, -0.1) is 0 Å². The first-order valence-corrected chi connectivity index (χ1v) is 6.24. The normalized spacial score (nSPS) is 35.4. The Morgan fingerprint density at radius 2 is 2.00 bits per heavy atom. The Labute approximate surface area is 92.8 Å². The smallest absolute Gasteiger partial charge is 0.0621 e. The van der Waals surface area contributed by atoms with E-state index in [9.17, 15) is 5.11 Å². The van der Waals surface area contributed by atoms with E-state index < -0.39 is 0 Å². The van der Waals surface area contributed by atoms with Crippen molar-refractivity contribution in [3.8, 4) is 0 Å². The maximum Gasteiger partial charge on any atom is 0.0621 e. The summed E-state index contributed by atoms with van der Waals surface area (Å²) in [4.78, 5) is 2.52. The lowest BCUT2D eigenvalue weighted by atomic mass is 9.64. The number of rotatable bonds is 4. The van der Waals surface area contributed by atoms with Gasteiger partial charge in [-0.05, 0) is 32.4 Å². The van der Waals surface area contributed by atoms with E-state index in [1.165, 1.54) is 32.5 Å². The zero-order valence-corrected chi connectivity index (χ0v) is 10.00. The van der Waals surface area contributed by atoms with Crippen LogP contribution in [0.4, 0.5) is 0 Å². The first-order valence-electron chi connectivity index (χ1n) is 6.24. The van der Waals surface area contributed by atoms with E-state index in [1.807, 2.05) is 0 Å². The molecule has 2 aliphatic rings. The first-order chi connectivity index (χ1) is 7.10. The average Bonchev–Trinajstić information content (AvgIpc) is 2.69. The highest BCUT2D eigenvalue weighted by Crippen LogP contribution is 2.40. The lowest BCUT2D eigenvalue weighted by Crippen LogP contribution is -2.60. The molecule has 0 aromatic carbocycles. The molecule has 3 nitrogen and oxygen atoms in total. The topological polar surface area (TPSA) is 35.5 Å². The van der Waals surface area contributed by atoms with E-state index in [4.69, 9.17) is 0 Å². The Bertz CT molecular complexity index is 212. The highest BCUT2D eigenvalue weighted by atomic mass is 16.3. The summed E-state index contributed by atoms with van der Waals surface area (Å²) in [6, 6.07) is 0.509. The summed E-state index contributed by atoms with van der Waals surface area (Å²) >= 11 is 0. The predicted molar refractivity (Wildman–Crippen MR) is 61.9 cm³/mol. The van der Waals surface area contributed by atoms with E-state index in [-0.39, 0.29) is 11.5 Å². The monoisotopic (exact) mass is 212 g/mol. The lowest BCUT2D eigenvalue weighted by Gasteiger charge is -2.49. The highest BCUT2D eigenvalue weighted by Gasteiger charge is 2.46. The van der Waals surface area contributed by atoms with E-state index in [0.717, 1.165) is 13.0 Å². The van der Waals surface area contributed by atoms with Crippen LogP contribution < -0.4 is 5.32 Å². The van der Waals surface area contributed by atoms with Crippen LogP contribution in [0.15, 0.2) is 0 Å². The zero-order valence-electron chi connectivity index (χ0n) is 10.00. The van der Waals surface area contributed by atoms with E-state index >= 15 is 0 Å². The molecule has 0 amide bonds. The summed E-state index contributed by atoms with van der Waals surface area (Å²) in [5.74, 6) is 0. The number of aliphatic hydroxyl groups is 1. The van der Waals surface area contributed by atoms with Crippen LogP contribution >= 0.6 is 0 Å². The molecule has 2 fully saturated rings. The Morgan fingerprint density at radius 3 is 2.53 bits per heavy atom. The van der Waals surface area contributed by atoms with Crippen molar-refractivity contribution in [3.63, 3.8) is 0 Å². The van der Waals surface area contributed by atoms with Crippen LogP contribution in [0.3, 0.4) is 0 Å². The second kappa shape index (κ2) is 4.40. The van der Waals surface area contributed by atoms with Crippen LogP contribution in [0.1, 0.15) is 33.1 Å². The van der Waals surface area contributed by atoms with Gasteiger partial charge in [0.25, 0.3) is 0 Å². The summed E-state index contributed by atoms with van der Waals surface area (Å²) < 4.78 is 0. The highest BCUT2D eigenvalue weighted by molar-refractivity contribution is 5.01. The minimum Gasteiger partial charge on any atom is -0.392 e. The van der Waals surface area contributed by atoms with Gasteiger partial charge in [-0.2, -0.15) is 0 Å². The third-order valence-electron chi connectivity index (χ3n) is 4.23. The zero-order chi connectivity index (χ0) is 10.9. The number of nitrogens with one attached hydrogen (secondary N) is 1. The number of hydrogen-bond donors (Lipinski definition) is 2. The molecule has 0 radical (unpaired) electrons. The fourth-order valence-corrected chi connectivity index (χ4v) is 2.65. The standard InChI is InChI=1S/C12H24N2O/c1-12(2)10(9-11(12)15)13-5-8-14-6-3-4-7-14/h10-11,13,15H,3-9H2,1-2H3. The van der Waals surface area contributed by atoms with Crippen molar-refractivity contribution in [2.45, 2.75) is 45.3 Å².